The zero-order valence-corrected chi connectivity index (χ0v) is 10.9. The highest BCUT2D eigenvalue weighted by Gasteiger charge is 2.12. The minimum absolute atomic E-state index is 0.0946. The van der Waals surface area contributed by atoms with Crippen LogP contribution in [0.3, 0.4) is 0 Å². The number of nitriles is 1. The lowest BCUT2D eigenvalue weighted by molar-refractivity contribution is 0.302. The summed E-state index contributed by atoms with van der Waals surface area (Å²) in [6.07, 6.45) is 0.984. The zero-order chi connectivity index (χ0) is 12.0. The number of anilines is 1. The molecule has 0 fully saturated rings. The first-order chi connectivity index (χ1) is 7.74. The Morgan fingerprint density at radius 3 is 2.75 bits per heavy atom. The van der Waals surface area contributed by atoms with Gasteiger partial charge < -0.3 is 10.0 Å². The van der Waals surface area contributed by atoms with Crippen molar-refractivity contribution in [3.05, 3.63) is 28.2 Å². The standard InChI is InChI=1S/C12H15BrN2O/c1-2-6-15(7-8-16)12-5-3-4-11(13)10(12)9-14/h3-5,16H,2,6-8H2,1H3. The van der Waals surface area contributed by atoms with Crippen molar-refractivity contribution in [3.8, 4) is 6.07 Å². The van der Waals surface area contributed by atoms with Gasteiger partial charge in [0.15, 0.2) is 0 Å². The second kappa shape index (κ2) is 6.51. The molecule has 0 heterocycles. The van der Waals surface area contributed by atoms with Crippen LogP contribution in [0.2, 0.25) is 0 Å². The monoisotopic (exact) mass is 282 g/mol. The molecular formula is C12H15BrN2O. The maximum Gasteiger partial charge on any atom is 0.103 e. The summed E-state index contributed by atoms with van der Waals surface area (Å²) in [6, 6.07) is 7.86. The van der Waals surface area contributed by atoms with Gasteiger partial charge in [0.05, 0.1) is 17.9 Å². The van der Waals surface area contributed by atoms with Crippen molar-refractivity contribution in [1.29, 1.82) is 5.26 Å². The molecule has 0 spiro atoms. The Bertz CT molecular complexity index is 381. The third-order valence-corrected chi connectivity index (χ3v) is 2.97. The highest BCUT2D eigenvalue weighted by molar-refractivity contribution is 9.10. The lowest BCUT2D eigenvalue weighted by Crippen LogP contribution is -2.28. The van der Waals surface area contributed by atoms with Gasteiger partial charge in [0, 0.05) is 17.6 Å². The van der Waals surface area contributed by atoms with Crippen LogP contribution in [0.25, 0.3) is 0 Å². The largest absolute Gasteiger partial charge is 0.395 e. The molecule has 16 heavy (non-hydrogen) atoms. The Hall–Kier alpha value is -1.05. The SMILES string of the molecule is CCCN(CCO)c1cccc(Br)c1C#N. The maximum atomic E-state index is 9.12. The van der Waals surface area contributed by atoms with Gasteiger partial charge in [0.25, 0.3) is 0 Å². The number of aliphatic hydroxyl groups is 1. The van der Waals surface area contributed by atoms with Crippen molar-refractivity contribution in [1.82, 2.24) is 0 Å². The average molecular weight is 283 g/mol. The Morgan fingerprint density at radius 1 is 1.44 bits per heavy atom. The molecule has 3 nitrogen and oxygen atoms in total. The highest BCUT2D eigenvalue weighted by atomic mass is 79.9. The number of benzene rings is 1. The van der Waals surface area contributed by atoms with Gasteiger partial charge in [-0.2, -0.15) is 5.26 Å². The molecule has 1 rings (SSSR count). The summed E-state index contributed by atoms with van der Waals surface area (Å²) >= 11 is 3.37. The van der Waals surface area contributed by atoms with E-state index in [4.69, 9.17) is 10.4 Å². The van der Waals surface area contributed by atoms with Gasteiger partial charge in [-0.25, -0.2) is 0 Å². The van der Waals surface area contributed by atoms with Crippen LogP contribution in [-0.2, 0) is 0 Å². The molecule has 1 aromatic carbocycles. The average Bonchev–Trinajstić information content (AvgIpc) is 2.28. The van der Waals surface area contributed by atoms with Crippen molar-refractivity contribution in [2.24, 2.45) is 0 Å². The first-order valence-electron chi connectivity index (χ1n) is 5.29. The maximum absolute atomic E-state index is 9.12. The Kier molecular flexibility index (Phi) is 5.30. The molecule has 0 aliphatic rings. The van der Waals surface area contributed by atoms with Crippen LogP contribution in [0.15, 0.2) is 22.7 Å². The molecule has 0 aliphatic carbocycles. The van der Waals surface area contributed by atoms with Crippen LogP contribution < -0.4 is 4.90 Å². The van der Waals surface area contributed by atoms with Gasteiger partial charge in [-0.15, -0.1) is 0 Å². The molecule has 0 amide bonds. The number of hydrogen-bond acceptors (Lipinski definition) is 3. The lowest BCUT2D eigenvalue weighted by Gasteiger charge is -2.24. The topological polar surface area (TPSA) is 47.3 Å². The fourth-order valence-corrected chi connectivity index (χ4v) is 2.07. The molecular weight excluding hydrogens is 268 g/mol. The second-order valence-electron chi connectivity index (χ2n) is 3.46. The van der Waals surface area contributed by atoms with Gasteiger partial charge in [-0.05, 0) is 34.5 Å². The number of rotatable bonds is 5. The van der Waals surface area contributed by atoms with E-state index in [1.165, 1.54) is 0 Å². The van der Waals surface area contributed by atoms with Gasteiger partial charge >= 0.3 is 0 Å². The third-order valence-electron chi connectivity index (χ3n) is 2.31. The predicted octanol–water partition coefficient (Wildman–Crippen LogP) is 2.53. The van der Waals surface area contributed by atoms with Crippen molar-refractivity contribution in [2.75, 3.05) is 24.6 Å². The second-order valence-corrected chi connectivity index (χ2v) is 4.31. The molecule has 86 valence electrons. The molecule has 0 saturated carbocycles. The van der Waals surface area contributed by atoms with Crippen LogP contribution in [0.1, 0.15) is 18.9 Å². The molecule has 0 radical (unpaired) electrons. The van der Waals surface area contributed by atoms with Crippen molar-refractivity contribution < 1.29 is 5.11 Å². The molecule has 1 aromatic rings. The van der Waals surface area contributed by atoms with Crippen LogP contribution in [0.5, 0.6) is 0 Å². The van der Waals surface area contributed by atoms with Crippen molar-refractivity contribution in [3.63, 3.8) is 0 Å². The van der Waals surface area contributed by atoms with Crippen molar-refractivity contribution in [2.45, 2.75) is 13.3 Å². The quantitative estimate of drug-likeness (QED) is 0.903. The summed E-state index contributed by atoms with van der Waals surface area (Å²) in [7, 11) is 0. The van der Waals surface area contributed by atoms with Crippen LogP contribution in [0, 0.1) is 11.3 Å². The van der Waals surface area contributed by atoms with E-state index in [-0.39, 0.29) is 6.61 Å². The molecule has 1 N–H and O–H groups in total. The molecule has 0 bridgehead atoms. The minimum atomic E-state index is 0.0946. The number of halogens is 1. The summed E-state index contributed by atoms with van der Waals surface area (Å²) in [5.74, 6) is 0. The van der Waals surface area contributed by atoms with E-state index in [9.17, 15) is 0 Å². The van der Waals surface area contributed by atoms with E-state index in [0.29, 0.717) is 12.1 Å². The number of nitrogens with zero attached hydrogens (tertiary/aromatic N) is 2. The molecule has 0 atom stereocenters. The van der Waals surface area contributed by atoms with E-state index in [0.717, 1.165) is 23.1 Å². The fourth-order valence-electron chi connectivity index (χ4n) is 1.63. The van der Waals surface area contributed by atoms with E-state index in [1.54, 1.807) is 0 Å². The number of aliphatic hydroxyl groups excluding tert-OH is 1. The predicted molar refractivity (Wildman–Crippen MR) is 68.4 cm³/mol. The zero-order valence-electron chi connectivity index (χ0n) is 9.28. The van der Waals surface area contributed by atoms with Crippen LogP contribution in [-0.4, -0.2) is 24.8 Å². The first-order valence-corrected chi connectivity index (χ1v) is 6.08. The summed E-state index contributed by atoms with van der Waals surface area (Å²) in [4.78, 5) is 2.03. The summed E-state index contributed by atoms with van der Waals surface area (Å²) in [5.41, 5.74) is 1.51. The Morgan fingerprint density at radius 2 is 2.19 bits per heavy atom. The van der Waals surface area contributed by atoms with Crippen LogP contribution >= 0.6 is 15.9 Å². The van der Waals surface area contributed by atoms with Gasteiger partial charge in [-0.1, -0.05) is 13.0 Å². The molecule has 0 saturated heterocycles. The van der Waals surface area contributed by atoms with Gasteiger partial charge in [0.1, 0.15) is 6.07 Å². The van der Waals surface area contributed by atoms with E-state index in [2.05, 4.69) is 28.9 Å². The van der Waals surface area contributed by atoms with Crippen LogP contribution in [0.4, 0.5) is 5.69 Å². The van der Waals surface area contributed by atoms with E-state index in [1.807, 2.05) is 23.1 Å². The molecule has 4 heteroatoms. The molecule has 0 aromatic heterocycles. The molecule has 0 unspecified atom stereocenters. The summed E-state index contributed by atoms with van der Waals surface area (Å²) in [6.45, 7) is 3.57. The first kappa shape index (κ1) is 13.0. The van der Waals surface area contributed by atoms with E-state index < -0.39 is 0 Å². The van der Waals surface area contributed by atoms with Crippen molar-refractivity contribution >= 4 is 21.6 Å². The lowest BCUT2D eigenvalue weighted by atomic mass is 10.1. The highest BCUT2D eigenvalue weighted by Crippen LogP contribution is 2.27. The minimum Gasteiger partial charge on any atom is -0.395 e. The smallest absolute Gasteiger partial charge is 0.103 e. The third kappa shape index (κ3) is 2.97. The Labute approximate surface area is 104 Å². The molecule has 0 aliphatic heterocycles. The van der Waals surface area contributed by atoms with Gasteiger partial charge in [-0.3, -0.25) is 0 Å². The Balaban J connectivity index is 3.08. The van der Waals surface area contributed by atoms with E-state index >= 15 is 0 Å². The summed E-state index contributed by atoms with van der Waals surface area (Å²) in [5, 5.41) is 18.1. The fraction of sp³-hybridized carbons (Fsp3) is 0.417. The number of hydrogen-bond donors (Lipinski definition) is 1. The summed E-state index contributed by atoms with van der Waals surface area (Å²) < 4.78 is 0.798. The van der Waals surface area contributed by atoms with Gasteiger partial charge in [0.2, 0.25) is 0 Å². The normalized spacial score (nSPS) is 9.88.